The van der Waals surface area contributed by atoms with E-state index in [0.717, 1.165) is 5.56 Å². The molecular weight excluding hydrogens is 304 g/mol. The summed E-state index contributed by atoms with van der Waals surface area (Å²) in [4.78, 5) is 23.0. The highest BCUT2D eigenvalue weighted by Crippen LogP contribution is 2.27. The minimum absolute atomic E-state index is 0.0216. The lowest BCUT2D eigenvalue weighted by Gasteiger charge is -2.10. The van der Waals surface area contributed by atoms with Crippen molar-refractivity contribution in [1.29, 1.82) is 0 Å². The van der Waals surface area contributed by atoms with E-state index in [1.165, 1.54) is 6.92 Å². The molecule has 1 aromatic carbocycles. The summed E-state index contributed by atoms with van der Waals surface area (Å²) in [6.45, 7) is 3.53. The molecule has 0 saturated carbocycles. The second-order valence-corrected chi connectivity index (χ2v) is 4.87. The van der Waals surface area contributed by atoms with E-state index in [1.807, 2.05) is 0 Å². The highest BCUT2D eigenvalue weighted by atomic mass is 79.9. The molecule has 1 atom stereocenters. The van der Waals surface area contributed by atoms with Crippen molar-refractivity contribution >= 4 is 40.3 Å². The molecule has 0 amide bonds. The maximum atomic E-state index is 11.6. The van der Waals surface area contributed by atoms with Gasteiger partial charge >= 0.3 is 5.97 Å². The van der Waals surface area contributed by atoms with Crippen LogP contribution in [0.3, 0.4) is 0 Å². The number of benzene rings is 1. The molecule has 92 valence electrons. The van der Waals surface area contributed by atoms with Crippen LogP contribution in [0.15, 0.2) is 23.1 Å². The number of Topliss-reactive ketones (excluding diaryl/α,β-unsaturated/α-hetero) is 1. The van der Waals surface area contributed by atoms with Gasteiger partial charge in [-0.2, -0.15) is 0 Å². The Morgan fingerprint density at radius 1 is 1.47 bits per heavy atom. The zero-order valence-corrected chi connectivity index (χ0v) is 12.0. The van der Waals surface area contributed by atoms with E-state index in [4.69, 9.17) is 4.74 Å². The predicted molar refractivity (Wildman–Crippen MR) is 72.0 cm³/mol. The SMILES string of the molecule is CCOC(=O)c1cc(C(Br)C(C)=O)ccc1S. The van der Waals surface area contributed by atoms with Gasteiger partial charge in [0.15, 0.2) is 0 Å². The van der Waals surface area contributed by atoms with Crippen LogP contribution in [0.1, 0.15) is 34.6 Å². The largest absolute Gasteiger partial charge is 0.462 e. The summed E-state index contributed by atoms with van der Waals surface area (Å²) < 4.78 is 4.92. The second-order valence-electron chi connectivity index (χ2n) is 3.47. The lowest BCUT2D eigenvalue weighted by Crippen LogP contribution is -2.08. The van der Waals surface area contributed by atoms with E-state index in [0.29, 0.717) is 17.1 Å². The molecule has 0 aliphatic carbocycles. The summed E-state index contributed by atoms with van der Waals surface area (Å²) in [7, 11) is 0. The quantitative estimate of drug-likeness (QED) is 0.527. The molecule has 0 radical (unpaired) electrons. The molecular formula is C12H13BrO3S. The number of rotatable bonds is 4. The Kier molecular flexibility index (Phi) is 5.21. The van der Waals surface area contributed by atoms with Gasteiger partial charge in [0.25, 0.3) is 0 Å². The molecule has 0 fully saturated rings. The Labute approximate surface area is 114 Å². The van der Waals surface area contributed by atoms with Crippen LogP contribution in [0.2, 0.25) is 0 Å². The van der Waals surface area contributed by atoms with Crippen LogP contribution >= 0.6 is 28.6 Å². The summed E-state index contributed by atoms with van der Waals surface area (Å²) in [5, 5.41) is 0. The Morgan fingerprint density at radius 3 is 2.65 bits per heavy atom. The summed E-state index contributed by atoms with van der Waals surface area (Å²) in [5.41, 5.74) is 1.09. The van der Waals surface area contributed by atoms with E-state index < -0.39 is 10.8 Å². The average Bonchev–Trinajstić information content (AvgIpc) is 2.28. The zero-order chi connectivity index (χ0) is 13.0. The highest BCUT2D eigenvalue weighted by molar-refractivity contribution is 9.09. The molecule has 0 heterocycles. The molecule has 0 aliphatic heterocycles. The normalized spacial score (nSPS) is 12.0. The van der Waals surface area contributed by atoms with Crippen LogP contribution in [0.5, 0.6) is 0 Å². The molecule has 0 aromatic heterocycles. The molecule has 3 nitrogen and oxygen atoms in total. The number of ether oxygens (including phenoxy) is 1. The van der Waals surface area contributed by atoms with Crippen molar-refractivity contribution in [1.82, 2.24) is 0 Å². The number of hydrogen-bond acceptors (Lipinski definition) is 4. The lowest BCUT2D eigenvalue weighted by molar-refractivity contribution is -0.116. The van der Waals surface area contributed by atoms with Gasteiger partial charge in [-0.3, -0.25) is 4.79 Å². The summed E-state index contributed by atoms with van der Waals surface area (Å²) in [5.74, 6) is -0.450. The first-order valence-corrected chi connectivity index (χ1v) is 6.48. The van der Waals surface area contributed by atoms with Crippen LogP contribution < -0.4 is 0 Å². The monoisotopic (exact) mass is 316 g/mol. The van der Waals surface area contributed by atoms with E-state index >= 15 is 0 Å². The number of halogens is 1. The fourth-order valence-corrected chi connectivity index (χ4v) is 1.83. The van der Waals surface area contributed by atoms with Crippen LogP contribution in [-0.4, -0.2) is 18.4 Å². The Hall–Kier alpha value is -0.810. The first kappa shape index (κ1) is 14.3. The van der Waals surface area contributed by atoms with Gasteiger partial charge in [-0.05, 0) is 31.5 Å². The summed E-state index contributed by atoms with van der Waals surface area (Å²) >= 11 is 7.47. The molecule has 5 heteroatoms. The number of carbonyl (C=O) groups excluding carboxylic acids is 2. The Bertz CT molecular complexity index is 445. The number of esters is 1. The summed E-state index contributed by atoms with van der Waals surface area (Å²) in [6.07, 6.45) is 0. The minimum atomic E-state index is -0.428. The maximum absolute atomic E-state index is 11.6. The molecule has 17 heavy (non-hydrogen) atoms. The van der Waals surface area contributed by atoms with Crippen LogP contribution in [0.25, 0.3) is 0 Å². The molecule has 0 N–H and O–H groups in total. The third kappa shape index (κ3) is 3.57. The molecule has 0 spiro atoms. The van der Waals surface area contributed by atoms with Gasteiger partial charge in [-0.25, -0.2) is 4.79 Å². The van der Waals surface area contributed by atoms with Gasteiger partial charge in [0.2, 0.25) is 0 Å². The van der Waals surface area contributed by atoms with Gasteiger partial charge in [0, 0.05) is 4.90 Å². The molecule has 0 aliphatic rings. The topological polar surface area (TPSA) is 43.4 Å². The van der Waals surface area contributed by atoms with Crippen molar-refractivity contribution in [3.8, 4) is 0 Å². The third-order valence-corrected chi connectivity index (χ3v) is 3.73. The molecule has 0 saturated heterocycles. The number of alkyl halides is 1. The van der Waals surface area contributed by atoms with Crippen LogP contribution in [0.4, 0.5) is 0 Å². The second kappa shape index (κ2) is 6.21. The highest BCUT2D eigenvalue weighted by Gasteiger charge is 2.17. The fourth-order valence-electron chi connectivity index (χ4n) is 1.32. The minimum Gasteiger partial charge on any atom is -0.462 e. The van der Waals surface area contributed by atoms with E-state index in [2.05, 4.69) is 28.6 Å². The van der Waals surface area contributed by atoms with Crippen molar-refractivity contribution in [3.63, 3.8) is 0 Å². The number of thiol groups is 1. The average molecular weight is 317 g/mol. The van der Waals surface area contributed by atoms with Crippen LogP contribution in [-0.2, 0) is 9.53 Å². The first-order chi connectivity index (χ1) is 7.97. The summed E-state index contributed by atoms with van der Waals surface area (Å²) in [6, 6.07) is 5.06. The Balaban J connectivity index is 3.10. The molecule has 1 unspecified atom stereocenters. The van der Waals surface area contributed by atoms with Gasteiger partial charge in [0.05, 0.1) is 17.0 Å². The standard InChI is InChI=1S/C12H13BrO3S/c1-3-16-12(15)9-6-8(4-5-10(9)17)11(13)7(2)14/h4-6,11,17H,3H2,1-2H3. The van der Waals surface area contributed by atoms with Crippen LogP contribution in [0, 0.1) is 0 Å². The zero-order valence-electron chi connectivity index (χ0n) is 9.57. The first-order valence-electron chi connectivity index (χ1n) is 5.12. The van der Waals surface area contributed by atoms with Crippen molar-refractivity contribution in [2.45, 2.75) is 23.6 Å². The Morgan fingerprint density at radius 2 is 2.12 bits per heavy atom. The number of ketones is 1. The van der Waals surface area contributed by atoms with Crippen molar-refractivity contribution in [2.24, 2.45) is 0 Å². The molecule has 1 rings (SSSR count). The van der Waals surface area contributed by atoms with E-state index in [9.17, 15) is 9.59 Å². The van der Waals surface area contributed by atoms with Crippen molar-refractivity contribution in [2.75, 3.05) is 6.61 Å². The number of hydrogen-bond donors (Lipinski definition) is 1. The van der Waals surface area contributed by atoms with Crippen molar-refractivity contribution < 1.29 is 14.3 Å². The van der Waals surface area contributed by atoms with Gasteiger partial charge in [-0.15, -0.1) is 12.6 Å². The predicted octanol–water partition coefficient (Wildman–Crippen LogP) is 3.18. The van der Waals surface area contributed by atoms with Gasteiger partial charge < -0.3 is 4.74 Å². The molecule has 0 bridgehead atoms. The third-order valence-electron chi connectivity index (χ3n) is 2.17. The van der Waals surface area contributed by atoms with Crippen molar-refractivity contribution in [3.05, 3.63) is 29.3 Å². The smallest absolute Gasteiger partial charge is 0.339 e. The molecule has 1 aromatic rings. The van der Waals surface area contributed by atoms with E-state index in [-0.39, 0.29) is 5.78 Å². The van der Waals surface area contributed by atoms with Gasteiger partial charge in [-0.1, -0.05) is 22.0 Å². The number of carbonyl (C=O) groups is 2. The lowest BCUT2D eigenvalue weighted by atomic mass is 10.1. The van der Waals surface area contributed by atoms with E-state index in [1.54, 1.807) is 25.1 Å². The van der Waals surface area contributed by atoms with Gasteiger partial charge in [0.1, 0.15) is 5.78 Å². The fraction of sp³-hybridized carbons (Fsp3) is 0.333. The maximum Gasteiger partial charge on any atom is 0.339 e.